The van der Waals surface area contributed by atoms with E-state index in [9.17, 15) is 9.18 Å². The van der Waals surface area contributed by atoms with Gasteiger partial charge in [-0.05, 0) is 32.3 Å². The molecular weight excluding hydrogens is 225 g/mol. The summed E-state index contributed by atoms with van der Waals surface area (Å²) < 4.78 is 12.6. The Morgan fingerprint density at radius 3 is 2.59 bits per heavy atom. The van der Waals surface area contributed by atoms with Crippen LogP contribution in [0.2, 0.25) is 0 Å². The molecule has 5 nitrogen and oxygen atoms in total. The summed E-state index contributed by atoms with van der Waals surface area (Å²) in [4.78, 5) is 14.6. The fourth-order valence-corrected chi connectivity index (χ4v) is 1.07. The van der Waals surface area contributed by atoms with E-state index in [-0.39, 0.29) is 13.0 Å². The van der Waals surface area contributed by atoms with Gasteiger partial charge in [-0.2, -0.15) is 0 Å². The summed E-state index contributed by atoms with van der Waals surface area (Å²) in [5.74, 6) is -0.679. The Morgan fingerprint density at radius 2 is 2.18 bits per heavy atom. The molecule has 0 aromatic rings. The van der Waals surface area contributed by atoms with Crippen molar-refractivity contribution >= 4 is 11.8 Å². The van der Waals surface area contributed by atoms with Gasteiger partial charge in [-0.25, -0.2) is 4.39 Å². The summed E-state index contributed by atoms with van der Waals surface area (Å²) in [6.07, 6.45) is 2.27. The van der Waals surface area contributed by atoms with Crippen LogP contribution < -0.4 is 11.5 Å². The second-order valence-corrected chi connectivity index (χ2v) is 4.21. The molecular formula is C11H20FN3O2. The second-order valence-electron chi connectivity index (χ2n) is 4.21. The highest BCUT2D eigenvalue weighted by Crippen LogP contribution is 2.11. The van der Waals surface area contributed by atoms with Crippen molar-refractivity contribution in [2.75, 3.05) is 13.2 Å². The molecule has 1 atom stereocenters. The van der Waals surface area contributed by atoms with Crippen molar-refractivity contribution in [1.82, 2.24) is 0 Å². The van der Waals surface area contributed by atoms with E-state index < -0.39 is 18.2 Å². The van der Waals surface area contributed by atoms with Gasteiger partial charge in [-0.1, -0.05) is 6.08 Å². The van der Waals surface area contributed by atoms with Gasteiger partial charge in [-0.15, -0.1) is 0 Å². The van der Waals surface area contributed by atoms with Crippen molar-refractivity contribution in [2.45, 2.75) is 32.2 Å². The molecule has 17 heavy (non-hydrogen) atoms. The lowest BCUT2D eigenvalue weighted by Gasteiger charge is -2.17. The Bertz CT molecular complexity index is 321. The molecule has 0 aromatic carbocycles. The number of aliphatic imine (C=N–C) groups is 1. The van der Waals surface area contributed by atoms with Crippen molar-refractivity contribution in [3.63, 3.8) is 0 Å². The van der Waals surface area contributed by atoms with Crippen LogP contribution in [0.5, 0.6) is 0 Å². The van der Waals surface area contributed by atoms with Crippen molar-refractivity contribution < 1.29 is 14.3 Å². The zero-order valence-corrected chi connectivity index (χ0v) is 10.2. The molecule has 0 amide bonds. The van der Waals surface area contributed by atoms with Crippen LogP contribution in [0.15, 0.2) is 16.6 Å². The number of hydrogen-bond acceptors (Lipinski definition) is 3. The third kappa shape index (κ3) is 6.68. The maximum Gasteiger partial charge on any atom is 0.323 e. The van der Waals surface area contributed by atoms with Crippen LogP contribution in [-0.2, 0) is 4.79 Å². The van der Waals surface area contributed by atoms with E-state index in [2.05, 4.69) is 4.99 Å². The summed E-state index contributed by atoms with van der Waals surface area (Å²) >= 11 is 0. The molecule has 0 radical (unpaired) electrons. The Hall–Kier alpha value is -1.43. The van der Waals surface area contributed by atoms with Gasteiger partial charge in [0.25, 0.3) is 0 Å². The van der Waals surface area contributed by atoms with Gasteiger partial charge in [0.1, 0.15) is 12.2 Å². The maximum atomic E-state index is 12.6. The minimum Gasteiger partial charge on any atom is -0.480 e. The van der Waals surface area contributed by atoms with Crippen molar-refractivity contribution in [1.29, 1.82) is 0 Å². The third-order valence-electron chi connectivity index (χ3n) is 2.29. The van der Waals surface area contributed by atoms with Gasteiger partial charge in [0.15, 0.2) is 0 Å². The van der Waals surface area contributed by atoms with Gasteiger partial charge in [0.05, 0.1) is 12.4 Å². The molecule has 6 heteroatoms. The van der Waals surface area contributed by atoms with Gasteiger partial charge in [0.2, 0.25) is 0 Å². The monoisotopic (exact) mass is 245 g/mol. The molecule has 0 rings (SSSR count). The third-order valence-corrected chi connectivity index (χ3v) is 2.29. The first-order valence-corrected chi connectivity index (χ1v) is 5.32. The number of carboxylic acids is 1. The topological polar surface area (TPSA) is 102 Å². The number of hydrogen-bond donors (Lipinski definition) is 3. The zero-order chi connectivity index (χ0) is 13.5. The number of alkyl halides is 1. The minimum absolute atomic E-state index is 0.202. The second kappa shape index (κ2) is 7.01. The quantitative estimate of drug-likeness (QED) is 0.351. The van der Waals surface area contributed by atoms with Crippen LogP contribution in [0.3, 0.4) is 0 Å². The fourth-order valence-electron chi connectivity index (χ4n) is 1.07. The largest absolute Gasteiger partial charge is 0.480 e. The summed E-state index contributed by atoms with van der Waals surface area (Å²) in [7, 11) is 0. The first-order chi connectivity index (χ1) is 7.79. The fraction of sp³-hybridized carbons (Fsp3) is 0.636. The number of halogens is 1. The van der Waals surface area contributed by atoms with Crippen LogP contribution in [0.4, 0.5) is 4.39 Å². The highest BCUT2D eigenvalue weighted by atomic mass is 19.1. The summed E-state index contributed by atoms with van der Waals surface area (Å²) in [6.45, 7) is 2.63. The molecule has 0 saturated carbocycles. The van der Waals surface area contributed by atoms with Crippen LogP contribution >= 0.6 is 0 Å². The number of nitrogens with two attached hydrogens (primary N) is 2. The first-order valence-electron chi connectivity index (χ1n) is 5.32. The van der Waals surface area contributed by atoms with Crippen molar-refractivity contribution in [2.24, 2.45) is 16.5 Å². The molecule has 0 spiro atoms. The molecule has 1 unspecified atom stereocenters. The van der Waals surface area contributed by atoms with E-state index in [0.29, 0.717) is 17.8 Å². The van der Waals surface area contributed by atoms with E-state index in [1.165, 1.54) is 6.92 Å². The lowest BCUT2D eigenvalue weighted by atomic mass is 9.97. The summed E-state index contributed by atoms with van der Waals surface area (Å²) in [5, 5.41) is 8.78. The first kappa shape index (κ1) is 15.6. The predicted octanol–water partition coefficient (Wildman–Crippen LogP) is 0.842. The van der Waals surface area contributed by atoms with Gasteiger partial charge < -0.3 is 16.6 Å². The molecule has 0 bridgehead atoms. The Labute approximate surface area is 100 Å². The van der Waals surface area contributed by atoms with E-state index in [1.54, 1.807) is 13.0 Å². The highest BCUT2D eigenvalue weighted by Gasteiger charge is 2.26. The van der Waals surface area contributed by atoms with Crippen LogP contribution in [-0.4, -0.2) is 35.7 Å². The molecule has 0 aliphatic rings. The van der Waals surface area contributed by atoms with Crippen LogP contribution in [0.1, 0.15) is 26.7 Å². The lowest BCUT2D eigenvalue weighted by Crippen LogP contribution is -2.44. The van der Waals surface area contributed by atoms with Gasteiger partial charge in [-0.3, -0.25) is 9.79 Å². The van der Waals surface area contributed by atoms with Crippen molar-refractivity contribution in [3.8, 4) is 0 Å². The van der Waals surface area contributed by atoms with E-state index in [4.69, 9.17) is 16.6 Å². The zero-order valence-electron chi connectivity index (χ0n) is 10.2. The smallest absolute Gasteiger partial charge is 0.323 e. The van der Waals surface area contributed by atoms with Crippen molar-refractivity contribution in [3.05, 3.63) is 11.6 Å². The number of allylic oxidation sites excluding steroid dienone is 1. The number of nitrogens with zero attached hydrogens (tertiary/aromatic N) is 1. The standard InChI is InChI=1S/C11H20FN3O2/c1-8(13)15-7-9(6-12)4-3-5-11(2,14)10(16)17/h4H,3,5-7,14H2,1-2H3,(H2,13,15)(H,16,17). The molecule has 0 heterocycles. The Morgan fingerprint density at radius 1 is 1.59 bits per heavy atom. The molecule has 0 saturated heterocycles. The van der Waals surface area contributed by atoms with Crippen LogP contribution in [0, 0.1) is 0 Å². The van der Waals surface area contributed by atoms with E-state index >= 15 is 0 Å². The van der Waals surface area contributed by atoms with E-state index in [0.717, 1.165) is 0 Å². The minimum atomic E-state index is -1.29. The maximum absolute atomic E-state index is 12.6. The van der Waals surface area contributed by atoms with E-state index in [1.807, 2.05) is 0 Å². The SMILES string of the molecule is CC(N)=NCC(=CCCC(C)(N)C(=O)O)CF. The number of carboxylic acid groups (broad SMARTS) is 1. The molecule has 0 aliphatic heterocycles. The van der Waals surface area contributed by atoms with Crippen LogP contribution in [0.25, 0.3) is 0 Å². The summed E-state index contributed by atoms with van der Waals surface area (Å²) in [5.41, 5.74) is 10.1. The highest BCUT2D eigenvalue weighted by molar-refractivity contribution is 5.78. The molecule has 5 N–H and O–H groups in total. The number of aliphatic carboxylic acids is 1. The molecule has 0 fully saturated rings. The lowest BCUT2D eigenvalue weighted by molar-refractivity contribution is -0.142. The predicted molar refractivity (Wildman–Crippen MR) is 65.7 cm³/mol. The average Bonchev–Trinajstić information content (AvgIpc) is 2.22. The Kier molecular flexibility index (Phi) is 6.42. The summed E-state index contributed by atoms with van der Waals surface area (Å²) in [6, 6.07) is 0. The normalized spacial score (nSPS) is 16.7. The molecule has 0 aromatic heterocycles. The molecule has 98 valence electrons. The Balaban J connectivity index is 4.29. The van der Waals surface area contributed by atoms with Gasteiger partial charge in [0, 0.05) is 0 Å². The number of amidine groups is 1. The average molecular weight is 245 g/mol. The molecule has 0 aliphatic carbocycles. The number of rotatable bonds is 7. The van der Waals surface area contributed by atoms with Gasteiger partial charge >= 0.3 is 5.97 Å². The number of carbonyl (C=O) groups is 1.